The van der Waals surface area contributed by atoms with E-state index in [0.717, 1.165) is 10.5 Å². The molecule has 0 spiro atoms. The molecule has 1 aliphatic rings. The quantitative estimate of drug-likeness (QED) is 0.787. The number of nitriles is 1. The van der Waals surface area contributed by atoms with Crippen molar-refractivity contribution in [1.29, 1.82) is 5.26 Å². The van der Waals surface area contributed by atoms with Gasteiger partial charge in [-0.25, -0.2) is 8.78 Å². The lowest BCUT2D eigenvalue weighted by atomic mass is 10.1. The molecule has 154 valence electrons. The van der Waals surface area contributed by atoms with Gasteiger partial charge in [0.2, 0.25) is 5.91 Å². The highest BCUT2D eigenvalue weighted by Crippen LogP contribution is 2.31. The van der Waals surface area contributed by atoms with Gasteiger partial charge in [-0.3, -0.25) is 14.6 Å². The molecule has 0 saturated carbocycles. The zero-order chi connectivity index (χ0) is 21.7. The Labute approximate surface area is 176 Å². The molecule has 1 fully saturated rings. The summed E-state index contributed by atoms with van der Waals surface area (Å²) in [7, 11) is 0. The highest BCUT2D eigenvalue weighted by atomic mass is 35.5. The minimum atomic E-state index is -3.11. The van der Waals surface area contributed by atoms with E-state index in [0.29, 0.717) is 10.6 Å². The van der Waals surface area contributed by atoms with Gasteiger partial charge in [0, 0.05) is 35.0 Å². The Morgan fingerprint density at radius 2 is 2.03 bits per heavy atom. The van der Waals surface area contributed by atoms with Crippen molar-refractivity contribution in [3.63, 3.8) is 0 Å². The van der Waals surface area contributed by atoms with Crippen LogP contribution in [0.5, 0.6) is 0 Å². The zero-order valence-electron chi connectivity index (χ0n) is 15.7. The molecule has 2 amide bonds. The van der Waals surface area contributed by atoms with E-state index in [1.54, 1.807) is 30.4 Å². The largest absolute Gasteiger partial charge is 0.343 e. The van der Waals surface area contributed by atoms with Gasteiger partial charge in [0.1, 0.15) is 6.04 Å². The number of hydrogen-bond donors (Lipinski definition) is 1. The highest BCUT2D eigenvalue weighted by Gasteiger charge is 2.47. The van der Waals surface area contributed by atoms with Crippen LogP contribution in [0.1, 0.15) is 27.9 Å². The zero-order valence-corrected chi connectivity index (χ0v) is 16.4. The number of rotatable bonds is 5. The van der Waals surface area contributed by atoms with E-state index in [9.17, 15) is 18.4 Å². The first-order valence-corrected chi connectivity index (χ1v) is 9.40. The Morgan fingerprint density at radius 1 is 1.30 bits per heavy atom. The highest BCUT2D eigenvalue weighted by molar-refractivity contribution is 6.30. The number of carbonyl (C=O) groups excluding carboxylic acids is 2. The smallest absolute Gasteiger partial charge is 0.268 e. The first kappa shape index (κ1) is 21.4. The lowest BCUT2D eigenvalue weighted by Crippen LogP contribution is -2.43. The maximum atomic E-state index is 13.5. The number of nitrogens with zero attached hydrogens (tertiary/aromatic N) is 3. The standard InChI is InChI=1S/C21H17ClF2N4O2/c22-16-5-2-14(3-6-16)1-4-15-11-26-8-7-18(15)20(30)27-12-19(29)28-13-21(23,24)9-17(28)10-25/h1-8,11,17H,9,12-13H2,(H,27,30)/b4-1+. The van der Waals surface area contributed by atoms with Crippen LogP contribution in [0, 0.1) is 11.3 Å². The topological polar surface area (TPSA) is 86.1 Å². The third kappa shape index (κ3) is 5.19. The summed E-state index contributed by atoms with van der Waals surface area (Å²) in [4.78, 5) is 29.6. The SMILES string of the molecule is N#CC1CC(F)(F)CN1C(=O)CNC(=O)c1ccncc1/C=C/c1ccc(Cl)cc1. The number of aromatic nitrogens is 1. The first-order chi connectivity index (χ1) is 14.3. The Hall–Kier alpha value is -3.31. The van der Waals surface area contributed by atoms with E-state index in [2.05, 4.69) is 10.3 Å². The third-order valence-electron chi connectivity index (χ3n) is 4.56. The van der Waals surface area contributed by atoms with Crippen molar-refractivity contribution >= 4 is 35.6 Å². The molecule has 1 atom stereocenters. The van der Waals surface area contributed by atoms with Crippen molar-refractivity contribution in [2.24, 2.45) is 0 Å². The summed E-state index contributed by atoms with van der Waals surface area (Å²) in [5.41, 5.74) is 1.65. The number of alkyl halides is 2. The fourth-order valence-electron chi connectivity index (χ4n) is 3.05. The number of amides is 2. The van der Waals surface area contributed by atoms with Gasteiger partial charge in [-0.05, 0) is 23.8 Å². The molecule has 3 rings (SSSR count). The Bertz CT molecular complexity index is 1020. The van der Waals surface area contributed by atoms with Crippen molar-refractivity contribution < 1.29 is 18.4 Å². The maximum absolute atomic E-state index is 13.5. The lowest BCUT2D eigenvalue weighted by Gasteiger charge is -2.19. The number of benzene rings is 1. The molecule has 1 aromatic heterocycles. The van der Waals surface area contributed by atoms with Crippen LogP contribution in [0.15, 0.2) is 42.7 Å². The van der Waals surface area contributed by atoms with E-state index >= 15 is 0 Å². The molecular formula is C21H17ClF2N4O2. The van der Waals surface area contributed by atoms with Crippen molar-refractivity contribution in [1.82, 2.24) is 15.2 Å². The average molecular weight is 431 g/mol. The van der Waals surface area contributed by atoms with Crippen LogP contribution in [-0.2, 0) is 4.79 Å². The second-order valence-electron chi connectivity index (χ2n) is 6.76. The monoisotopic (exact) mass is 430 g/mol. The molecule has 2 heterocycles. The molecule has 1 N–H and O–H groups in total. The number of likely N-dealkylation sites (tertiary alicyclic amines) is 1. The predicted octanol–water partition coefficient (Wildman–Crippen LogP) is 3.39. The van der Waals surface area contributed by atoms with Gasteiger partial charge >= 0.3 is 0 Å². The van der Waals surface area contributed by atoms with Crippen molar-refractivity contribution in [2.75, 3.05) is 13.1 Å². The fourth-order valence-corrected chi connectivity index (χ4v) is 3.18. The summed E-state index contributed by atoms with van der Waals surface area (Å²) in [5, 5.41) is 12.0. The molecule has 0 radical (unpaired) electrons. The van der Waals surface area contributed by atoms with Gasteiger partial charge in [0.05, 0.1) is 19.2 Å². The van der Waals surface area contributed by atoms with Crippen LogP contribution in [0.25, 0.3) is 12.2 Å². The summed E-state index contributed by atoms with van der Waals surface area (Å²) >= 11 is 5.86. The molecule has 30 heavy (non-hydrogen) atoms. The summed E-state index contributed by atoms with van der Waals surface area (Å²) in [5.74, 6) is -4.40. The van der Waals surface area contributed by atoms with E-state index in [1.165, 1.54) is 18.5 Å². The Morgan fingerprint density at radius 3 is 2.73 bits per heavy atom. The van der Waals surface area contributed by atoms with Crippen molar-refractivity contribution in [3.05, 3.63) is 64.4 Å². The van der Waals surface area contributed by atoms with Gasteiger partial charge < -0.3 is 10.2 Å². The lowest BCUT2D eigenvalue weighted by molar-refractivity contribution is -0.131. The second kappa shape index (κ2) is 9.01. The summed E-state index contributed by atoms with van der Waals surface area (Å²) < 4.78 is 27.0. The summed E-state index contributed by atoms with van der Waals surface area (Å²) in [6.07, 6.45) is 5.70. The van der Waals surface area contributed by atoms with Gasteiger partial charge in [-0.15, -0.1) is 0 Å². The molecule has 6 nitrogen and oxygen atoms in total. The molecule has 2 aromatic rings. The van der Waals surface area contributed by atoms with Crippen LogP contribution < -0.4 is 5.32 Å². The van der Waals surface area contributed by atoms with Crippen LogP contribution in [0.4, 0.5) is 8.78 Å². The molecule has 1 saturated heterocycles. The van der Waals surface area contributed by atoms with Gasteiger partial charge in [0.25, 0.3) is 11.8 Å². The van der Waals surface area contributed by atoms with E-state index < -0.39 is 43.3 Å². The van der Waals surface area contributed by atoms with Crippen molar-refractivity contribution in [3.8, 4) is 6.07 Å². The number of nitrogens with one attached hydrogen (secondary N) is 1. The minimum Gasteiger partial charge on any atom is -0.343 e. The minimum absolute atomic E-state index is 0.270. The summed E-state index contributed by atoms with van der Waals surface area (Å²) in [6, 6.07) is 9.08. The summed E-state index contributed by atoms with van der Waals surface area (Å²) in [6.45, 7) is -1.32. The molecule has 9 heteroatoms. The van der Waals surface area contributed by atoms with Crippen LogP contribution in [0.2, 0.25) is 5.02 Å². The molecule has 1 aromatic carbocycles. The number of hydrogen-bond acceptors (Lipinski definition) is 4. The van der Waals surface area contributed by atoms with E-state index in [-0.39, 0.29) is 5.56 Å². The van der Waals surface area contributed by atoms with Gasteiger partial charge in [-0.1, -0.05) is 35.9 Å². The van der Waals surface area contributed by atoms with E-state index in [4.69, 9.17) is 16.9 Å². The Kier molecular flexibility index (Phi) is 6.43. The maximum Gasteiger partial charge on any atom is 0.268 e. The van der Waals surface area contributed by atoms with Crippen LogP contribution in [0.3, 0.4) is 0 Å². The molecule has 1 aliphatic heterocycles. The second-order valence-corrected chi connectivity index (χ2v) is 7.19. The fraction of sp³-hybridized carbons (Fsp3) is 0.238. The molecular weight excluding hydrogens is 414 g/mol. The predicted molar refractivity (Wildman–Crippen MR) is 108 cm³/mol. The molecule has 1 unspecified atom stereocenters. The first-order valence-electron chi connectivity index (χ1n) is 9.02. The average Bonchev–Trinajstić information content (AvgIpc) is 3.06. The van der Waals surface area contributed by atoms with Crippen molar-refractivity contribution in [2.45, 2.75) is 18.4 Å². The number of carbonyl (C=O) groups is 2. The molecule has 0 bridgehead atoms. The third-order valence-corrected chi connectivity index (χ3v) is 4.81. The van der Waals surface area contributed by atoms with Crippen LogP contribution in [-0.4, -0.2) is 46.8 Å². The van der Waals surface area contributed by atoms with Gasteiger partial charge in [-0.2, -0.15) is 5.26 Å². The number of pyridine rings is 1. The Balaban J connectivity index is 1.67. The number of halogens is 3. The molecule has 0 aliphatic carbocycles. The van der Waals surface area contributed by atoms with E-state index in [1.807, 2.05) is 12.1 Å². The van der Waals surface area contributed by atoms with Gasteiger partial charge in [0.15, 0.2) is 0 Å². The van der Waals surface area contributed by atoms with Crippen LogP contribution >= 0.6 is 11.6 Å². The normalized spacial score (nSPS) is 17.7.